The van der Waals surface area contributed by atoms with E-state index in [1.165, 1.54) is 10.4 Å². The molecule has 1 aromatic rings. The molecule has 0 radical (unpaired) electrons. The number of thiophene rings is 1. The van der Waals surface area contributed by atoms with Gasteiger partial charge in [0.15, 0.2) is 0 Å². The highest BCUT2D eigenvalue weighted by atomic mass is 32.1. The van der Waals surface area contributed by atoms with Gasteiger partial charge in [0.25, 0.3) is 5.91 Å². The summed E-state index contributed by atoms with van der Waals surface area (Å²) in [6, 6.07) is 0.772. The number of hydrogen-bond donors (Lipinski definition) is 2. The Morgan fingerprint density at radius 1 is 1.47 bits per heavy atom. The van der Waals surface area contributed by atoms with Crippen molar-refractivity contribution in [3.05, 3.63) is 21.9 Å². The Kier molecular flexibility index (Phi) is 2.98. The Hall–Kier alpha value is -1.89. The maximum atomic E-state index is 12.1. The predicted octanol–water partition coefficient (Wildman–Crippen LogP) is 0.231. The maximum absolute atomic E-state index is 12.1. The van der Waals surface area contributed by atoms with Crippen molar-refractivity contribution in [3.8, 4) is 0 Å². The third-order valence-corrected chi connectivity index (χ3v) is 4.42. The summed E-state index contributed by atoms with van der Waals surface area (Å²) in [5.41, 5.74) is 1.18. The molecule has 0 aromatic carbocycles. The van der Waals surface area contributed by atoms with E-state index >= 15 is 0 Å². The summed E-state index contributed by atoms with van der Waals surface area (Å²) in [5.74, 6) is -0.522. The number of imide groups is 1. The van der Waals surface area contributed by atoms with Gasteiger partial charge >= 0.3 is 6.03 Å². The molecule has 1 atom stereocenters. The van der Waals surface area contributed by atoms with Crippen molar-refractivity contribution in [1.29, 1.82) is 0 Å². The SMILES string of the molecule is O=C1NC(=O)C(CC(=O)N2CCc3sccc3C2)N1. The standard InChI is InChI=1S/C12H13N3O3S/c16-10(5-8-11(17)14-12(18)13-8)15-3-1-9-7(6-15)2-4-19-9/h2,4,8H,1,3,5-6H2,(H2,13,14,17,18). The van der Waals surface area contributed by atoms with Crippen LogP contribution in [0.2, 0.25) is 0 Å². The Balaban J connectivity index is 1.63. The summed E-state index contributed by atoms with van der Waals surface area (Å²) in [6.07, 6.45) is 0.888. The first-order chi connectivity index (χ1) is 9.13. The van der Waals surface area contributed by atoms with Crippen LogP contribution in [0.5, 0.6) is 0 Å². The molecule has 2 N–H and O–H groups in total. The fourth-order valence-corrected chi connectivity index (χ4v) is 3.26. The highest BCUT2D eigenvalue weighted by Crippen LogP contribution is 2.24. The molecule has 2 aliphatic heterocycles. The Bertz CT molecular complexity index is 554. The first-order valence-electron chi connectivity index (χ1n) is 6.08. The number of carbonyl (C=O) groups is 3. The maximum Gasteiger partial charge on any atom is 0.322 e. The van der Waals surface area contributed by atoms with E-state index in [9.17, 15) is 14.4 Å². The molecule has 0 saturated carbocycles. The van der Waals surface area contributed by atoms with E-state index < -0.39 is 18.0 Å². The molecule has 2 aliphatic rings. The summed E-state index contributed by atoms with van der Waals surface area (Å²) in [5, 5.41) is 6.60. The fourth-order valence-electron chi connectivity index (χ4n) is 2.37. The zero-order valence-electron chi connectivity index (χ0n) is 10.1. The molecule has 1 saturated heterocycles. The number of rotatable bonds is 2. The van der Waals surface area contributed by atoms with Crippen LogP contribution in [0.25, 0.3) is 0 Å². The zero-order chi connectivity index (χ0) is 13.4. The number of nitrogens with one attached hydrogen (secondary N) is 2. The molecule has 0 aliphatic carbocycles. The minimum absolute atomic E-state index is 0.0248. The van der Waals surface area contributed by atoms with Crippen LogP contribution in [0.3, 0.4) is 0 Å². The van der Waals surface area contributed by atoms with Crippen molar-refractivity contribution in [3.63, 3.8) is 0 Å². The summed E-state index contributed by atoms with van der Waals surface area (Å²) in [7, 11) is 0. The van der Waals surface area contributed by atoms with Crippen LogP contribution in [-0.4, -0.2) is 35.3 Å². The highest BCUT2D eigenvalue weighted by Gasteiger charge is 2.33. The molecule has 3 rings (SSSR count). The average Bonchev–Trinajstić information content (AvgIpc) is 2.95. The minimum Gasteiger partial charge on any atom is -0.338 e. The molecular formula is C12H13N3O3S. The van der Waals surface area contributed by atoms with Crippen LogP contribution in [0, 0.1) is 0 Å². The second kappa shape index (κ2) is 4.65. The Morgan fingerprint density at radius 2 is 2.32 bits per heavy atom. The number of carbonyl (C=O) groups excluding carboxylic acids is 3. The van der Waals surface area contributed by atoms with E-state index in [-0.39, 0.29) is 12.3 Å². The van der Waals surface area contributed by atoms with Crippen LogP contribution >= 0.6 is 11.3 Å². The molecule has 1 aromatic heterocycles. The summed E-state index contributed by atoms with van der Waals surface area (Å²) >= 11 is 1.71. The molecule has 6 nitrogen and oxygen atoms in total. The number of amides is 4. The van der Waals surface area contributed by atoms with E-state index in [2.05, 4.69) is 10.6 Å². The van der Waals surface area contributed by atoms with Crippen molar-refractivity contribution in [1.82, 2.24) is 15.5 Å². The summed E-state index contributed by atoms with van der Waals surface area (Å²) in [6.45, 7) is 1.27. The van der Waals surface area contributed by atoms with Crippen LogP contribution in [0.1, 0.15) is 16.9 Å². The Morgan fingerprint density at radius 3 is 3.05 bits per heavy atom. The summed E-state index contributed by atoms with van der Waals surface area (Å²) in [4.78, 5) is 37.6. The third-order valence-electron chi connectivity index (χ3n) is 3.40. The highest BCUT2D eigenvalue weighted by molar-refractivity contribution is 7.10. The number of hydrogen-bond acceptors (Lipinski definition) is 4. The number of urea groups is 1. The second-order valence-corrected chi connectivity index (χ2v) is 5.65. The largest absolute Gasteiger partial charge is 0.338 e. The fraction of sp³-hybridized carbons (Fsp3) is 0.417. The second-order valence-electron chi connectivity index (χ2n) is 4.65. The smallest absolute Gasteiger partial charge is 0.322 e. The lowest BCUT2D eigenvalue weighted by atomic mass is 10.1. The van der Waals surface area contributed by atoms with Gasteiger partial charge in [-0.2, -0.15) is 0 Å². The monoisotopic (exact) mass is 279 g/mol. The van der Waals surface area contributed by atoms with E-state index in [0.29, 0.717) is 13.1 Å². The number of nitrogens with zero attached hydrogens (tertiary/aromatic N) is 1. The van der Waals surface area contributed by atoms with Gasteiger partial charge in [0.05, 0.1) is 6.42 Å². The number of fused-ring (bicyclic) bond motifs is 1. The molecule has 19 heavy (non-hydrogen) atoms. The van der Waals surface area contributed by atoms with Crippen LogP contribution in [0.15, 0.2) is 11.4 Å². The van der Waals surface area contributed by atoms with Crippen LogP contribution in [-0.2, 0) is 22.6 Å². The predicted molar refractivity (Wildman–Crippen MR) is 68.5 cm³/mol. The molecule has 0 spiro atoms. The molecule has 0 bridgehead atoms. The Labute approximate surface area is 113 Å². The van der Waals surface area contributed by atoms with Gasteiger partial charge in [-0.05, 0) is 23.4 Å². The average molecular weight is 279 g/mol. The topological polar surface area (TPSA) is 78.5 Å². The van der Waals surface area contributed by atoms with Gasteiger partial charge in [-0.3, -0.25) is 14.9 Å². The van der Waals surface area contributed by atoms with Gasteiger partial charge in [0.1, 0.15) is 6.04 Å². The minimum atomic E-state index is -0.733. The third kappa shape index (κ3) is 2.33. The molecule has 100 valence electrons. The molecule has 1 unspecified atom stereocenters. The van der Waals surface area contributed by atoms with Gasteiger partial charge in [0, 0.05) is 18.0 Å². The van der Waals surface area contributed by atoms with Crippen molar-refractivity contribution >= 4 is 29.2 Å². The first-order valence-corrected chi connectivity index (χ1v) is 6.96. The van der Waals surface area contributed by atoms with E-state index in [1.807, 2.05) is 11.4 Å². The van der Waals surface area contributed by atoms with Crippen molar-refractivity contribution in [2.24, 2.45) is 0 Å². The molecule has 3 heterocycles. The lowest BCUT2D eigenvalue weighted by Crippen LogP contribution is -2.40. The molecule has 4 amide bonds. The van der Waals surface area contributed by atoms with Crippen LogP contribution in [0.4, 0.5) is 4.79 Å². The normalized spacial score (nSPS) is 21.9. The zero-order valence-corrected chi connectivity index (χ0v) is 11.0. The molecule has 7 heteroatoms. The van der Waals surface area contributed by atoms with Gasteiger partial charge < -0.3 is 10.2 Å². The van der Waals surface area contributed by atoms with Crippen molar-refractivity contribution in [2.75, 3.05) is 6.54 Å². The van der Waals surface area contributed by atoms with Crippen molar-refractivity contribution in [2.45, 2.75) is 25.4 Å². The van der Waals surface area contributed by atoms with Crippen molar-refractivity contribution < 1.29 is 14.4 Å². The van der Waals surface area contributed by atoms with Gasteiger partial charge in [-0.15, -0.1) is 11.3 Å². The molecular weight excluding hydrogens is 266 g/mol. The van der Waals surface area contributed by atoms with Gasteiger partial charge in [0.2, 0.25) is 5.91 Å². The van der Waals surface area contributed by atoms with Gasteiger partial charge in [-0.25, -0.2) is 4.79 Å². The van der Waals surface area contributed by atoms with Crippen LogP contribution < -0.4 is 10.6 Å². The van der Waals surface area contributed by atoms with Gasteiger partial charge in [-0.1, -0.05) is 0 Å². The molecule has 1 fully saturated rings. The lowest BCUT2D eigenvalue weighted by molar-refractivity contribution is -0.134. The lowest BCUT2D eigenvalue weighted by Gasteiger charge is -2.27. The van der Waals surface area contributed by atoms with E-state index in [1.54, 1.807) is 16.2 Å². The quantitative estimate of drug-likeness (QED) is 0.761. The van der Waals surface area contributed by atoms with E-state index in [0.717, 1.165) is 6.42 Å². The first kappa shape index (κ1) is 12.2. The van der Waals surface area contributed by atoms with E-state index in [4.69, 9.17) is 0 Å². The summed E-state index contributed by atoms with van der Waals surface area (Å²) < 4.78 is 0.